The van der Waals surface area contributed by atoms with Crippen molar-refractivity contribution in [3.8, 4) is 0 Å². The van der Waals surface area contributed by atoms with E-state index in [1.807, 2.05) is 0 Å². The fourth-order valence-electron chi connectivity index (χ4n) is 0.541. The smallest absolute Gasteiger partial charge is 0.187 e. The van der Waals surface area contributed by atoms with Crippen molar-refractivity contribution in [2.75, 3.05) is 12.4 Å². The molecule has 0 fully saturated rings. The Bertz CT molecular complexity index is 194. The van der Waals surface area contributed by atoms with Crippen LogP contribution >= 0.6 is 11.8 Å². The van der Waals surface area contributed by atoms with Crippen LogP contribution in [0.2, 0.25) is 0 Å². The molecule has 5 heteroatoms. The van der Waals surface area contributed by atoms with E-state index in [0.29, 0.717) is 6.61 Å². The Balaban J connectivity index is 2.28. The average Bonchev–Trinajstić information content (AvgIpc) is 2.07. The summed E-state index contributed by atoms with van der Waals surface area (Å²) in [7, 11) is 0. The SMILES string of the molecule is NOCCSc1ncccn1. The summed E-state index contributed by atoms with van der Waals surface area (Å²) in [5.41, 5.74) is 0. The number of hydrogen-bond donors (Lipinski definition) is 1. The molecule has 11 heavy (non-hydrogen) atoms. The van der Waals surface area contributed by atoms with Gasteiger partial charge in [-0.1, -0.05) is 11.8 Å². The van der Waals surface area contributed by atoms with E-state index in [1.165, 1.54) is 11.8 Å². The Morgan fingerprint density at radius 2 is 2.18 bits per heavy atom. The molecular formula is C6H9N3OS. The van der Waals surface area contributed by atoms with Gasteiger partial charge in [0, 0.05) is 18.1 Å². The van der Waals surface area contributed by atoms with Crippen molar-refractivity contribution in [2.45, 2.75) is 5.16 Å². The average molecular weight is 171 g/mol. The Morgan fingerprint density at radius 1 is 1.45 bits per heavy atom. The number of hydrogen-bond acceptors (Lipinski definition) is 5. The first-order valence-electron chi connectivity index (χ1n) is 3.15. The van der Waals surface area contributed by atoms with Crippen molar-refractivity contribution in [3.63, 3.8) is 0 Å². The second-order valence-corrected chi connectivity index (χ2v) is 2.81. The van der Waals surface area contributed by atoms with Gasteiger partial charge in [0.1, 0.15) is 0 Å². The van der Waals surface area contributed by atoms with Crippen LogP contribution in [-0.4, -0.2) is 22.3 Å². The first-order chi connectivity index (χ1) is 5.43. The zero-order valence-electron chi connectivity index (χ0n) is 5.93. The highest BCUT2D eigenvalue weighted by Crippen LogP contribution is 2.09. The number of nitrogens with zero attached hydrogens (tertiary/aromatic N) is 2. The van der Waals surface area contributed by atoms with E-state index in [1.54, 1.807) is 18.5 Å². The van der Waals surface area contributed by atoms with Crippen molar-refractivity contribution in [1.29, 1.82) is 0 Å². The van der Waals surface area contributed by atoms with E-state index in [0.717, 1.165) is 10.9 Å². The highest BCUT2D eigenvalue weighted by molar-refractivity contribution is 7.99. The third kappa shape index (κ3) is 3.31. The lowest BCUT2D eigenvalue weighted by atomic mass is 10.7. The van der Waals surface area contributed by atoms with Gasteiger partial charge in [-0.25, -0.2) is 15.9 Å². The molecule has 0 radical (unpaired) electrons. The molecule has 0 aliphatic heterocycles. The van der Waals surface area contributed by atoms with Gasteiger partial charge < -0.3 is 4.84 Å². The van der Waals surface area contributed by atoms with Crippen LogP contribution in [-0.2, 0) is 4.84 Å². The van der Waals surface area contributed by atoms with Crippen LogP contribution < -0.4 is 5.90 Å². The third-order valence-corrected chi connectivity index (χ3v) is 1.81. The summed E-state index contributed by atoms with van der Waals surface area (Å²) in [6.45, 7) is 0.517. The topological polar surface area (TPSA) is 61.0 Å². The van der Waals surface area contributed by atoms with Crippen LogP contribution in [0.15, 0.2) is 23.6 Å². The van der Waals surface area contributed by atoms with Crippen molar-refractivity contribution in [3.05, 3.63) is 18.5 Å². The van der Waals surface area contributed by atoms with E-state index in [4.69, 9.17) is 5.90 Å². The molecule has 1 heterocycles. The van der Waals surface area contributed by atoms with Crippen molar-refractivity contribution in [2.24, 2.45) is 5.90 Å². The Labute approximate surface area is 69.1 Å². The van der Waals surface area contributed by atoms with Gasteiger partial charge in [0.2, 0.25) is 0 Å². The van der Waals surface area contributed by atoms with Gasteiger partial charge in [0.05, 0.1) is 6.61 Å². The molecule has 1 aromatic rings. The lowest BCUT2D eigenvalue weighted by Crippen LogP contribution is -2.03. The lowest BCUT2D eigenvalue weighted by molar-refractivity contribution is 0.155. The van der Waals surface area contributed by atoms with Gasteiger partial charge in [-0.3, -0.25) is 0 Å². The highest BCUT2D eigenvalue weighted by Gasteiger charge is 1.93. The Morgan fingerprint density at radius 3 is 2.82 bits per heavy atom. The van der Waals surface area contributed by atoms with Gasteiger partial charge in [-0.15, -0.1) is 0 Å². The minimum atomic E-state index is 0.517. The summed E-state index contributed by atoms with van der Waals surface area (Å²) in [5, 5.41) is 0.754. The molecule has 0 saturated heterocycles. The van der Waals surface area contributed by atoms with Crippen LogP contribution in [0.4, 0.5) is 0 Å². The summed E-state index contributed by atoms with van der Waals surface area (Å²) in [6.07, 6.45) is 3.41. The van der Waals surface area contributed by atoms with Crippen molar-refractivity contribution in [1.82, 2.24) is 9.97 Å². The molecule has 0 bridgehead atoms. The molecule has 0 saturated carbocycles. The molecule has 2 N–H and O–H groups in total. The molecule has 1 rings (SSSR count). The van der Waals surface area contributed by atoms with E-state index in [9.17, 15) is 0 Å². The molecule has 60 valence electrons. The van der Waals surface area contributed by atoms with E-state index >= 15 is 0 Å². The fourth-order valence-corrected chi connectivity index (χ4v) is 1.17. The third-order valence-electron chi connectivity index (χ3n) is 0.974. The van der Waals surface area contributed by atoms with Crippen LogP contribution in [0, 0.1) is 0 Å². The first-order valence-corrected chi connectivity index (χ1v) is 4.13. The Hall–Kier alpha value is -0.650. The number of aromatic nitrogens is 2. The van der Waals surface area contributed by atoms with Gasteiger partial charge in [0.15, 0.2) is 5.16 Å². The molecule has 1 aromatic heterocycles. The molecule has 0 aromatic carbocycles. The number of thioether (sulfide) groups is 1. The first kappa shape index (κ1) is 8.45. The monoisotopic (exact) mass is 171 g/mol. The van der Waals surface area contributed by atoms with E-state index < -0.39 is 0 Å². The molecule has 4 nitrogen and oxygen atoms in total. The molecule has 0 atom stereocenters. The van der Waals surface area contributed by atoms with Gasteiger partial charge >= 0.3 is 0 Å². The predicted octanol–water partition coefficient (Wildman–Crippen LogP) is 0.459. The number of nitrogens with two attached hydrogens (primary N) is 1. The normalized spacial score (nSPS) is 9.91. The van der Waals surface area contributed by atoms with E-state index in [-0.39, 0.29) is 0 Å². The molecule has 0 aliphatic rings. The second kappa shape index (κ2) is 5.06. The summed E-state index contributed by atoms with van der Waals surface area (Å²) in [5.74, 6) is 5.62. The summed E-state index contributed by atoms with van der Waals surface area (Å²) >= 11 is 1.52. The summed E-state index contributed by atoms with van der Waals surface area (Å²) in [4.78, 5) is 12.4. The largest absolute Gasteiger partial charge is 0.304 e. The van der Waals surface area contributed by atoms with Crippen LogP contribution in [0.25, 0.3) is 0 Å². The Kier molecular flexibility index (Phi) is 3.89. The van der Waals surface area contributed by atoms with Gasteiger partial charge in [-0.2, -0.15) is 0 Å². The number of rotatable bonds is 4. The zero-order valence-corrected chi connectivity index (χ0v) is 6.75. The zero-order chi connectivity index (χ0) is 7.94. The minimum Gasteiger partial charge on any atom is -0.304 e. The summed E-state index contributed by atoms with van der Waals surface area (Å²) < 4.78 is 0. The molecule has 0 aliphatic carbocycles. The molecule has 0 amide bonds. The predicted molar refractivity (Wildman–Crippen MR) is 42.9 cm³/mol. The highest BCUT2D eigenvalue weighted by atomic mass is 32.2. The maximum atomic E-state index is 4.84. The second-order valence-electron chi connectivity index (χ2n) is 1.75. The molecule has 0 spiro atoms. The van der Waals surface area contributed by atoms with Crippen molar-refractivity contribution < 1.29 is 4.84 Å². The van der Waals surface area contributed by atoms with Crippen molar-refractivity contribution >= 4 is 11.8 Å². The minimum absolute atomic E-state index is 0.517. The molecular weight excluding hydrogens is 162 g/mol. The quantitative estimate of drug-likeness (QED) is 0.308. The standard InChI is InChI=1S/C6H9N3OS/c7-10-4-5-11-6-8-2-1-3-9-6/h1-3H,4-5,7H2. The van der Waals surface area contributed by atoms with Crippen LogP contribution in [0.3, 0.4) is 0 Å². The van der Waals surface area contributed by atoms with Crippen LogP contribution in [0.1, 0.15) is 0 Å². The van der Waals surface area contributed by atoms with Gasteiger partial charge in [0.25, 0.3) is 0 Å². The maximum absolute atomic E-state index is 4.84. The fraction of sp³-hybridized carbons (Fsp3) is 0.333. The maximum Gasteiger partial charge on any atom is 0.187 e. The van der Waals surface area contributed by atoms with Crippen LogP contribution in [0.5, 0.6) is 0 Å². The summed E-state index contributed by atoms with van der Waals surface area (Å²) in [6, 6.07) is 1.78. The van der Waals surface area contributed by atoms with Gasteiger partial charge in [-0.05, 0) is 6.07 Å². The lowest BCUT2D eigenvalue weighted by Gasteiger charge is -1.96. The molecule has 0 unspecified atom stereocenters. The van der Waals surface area contributed by atoms with E-state index in [2.05, 4.69) is 14.8 Å².